The molecule has 0 radical (unpaired) electrons. The van der Waals surface area contributed by atoms with Gasteiger partial charge in [0.2, 0.25) is 11.8 Å². The molecule has 0 aromatic carbocycles. The first-order chi connectivity index (χ1) is 8.54. The minimum atomic E-state index is 0.00208. The van der Waals surface area contributed by atoms with Crippen LogP contribution in [-0.2, 0) is 9.59 Å². The normalized spacial score (nSPS) is 24.6. The molecule has 0 bridgehead atoms. The van der Waals surface area contributed by atoms with Gasteiger partial charge in [-0.2, -0.15) is 0 Å². The van der Waals surface area contributed by atoms with E-state index in [1.807, 2.05) is 13.8 Å². The highest BCUT2D eigenvalue weighted by molar-refractivity contribution is 5.81. The molecule has 0 aromatic heterocycles. The first-order valence-corrected chi connectivity index (χ1v) is 6.82. The van der Waals surface area contributed by atoms with Crippen LogP contribution in [-0.4, -0.2) is 37.5 Å². The Morgan fingerprint density at radius 3 is 2.67 bits per heavy atom. The van der Waals surface area contributed by atoms with Crippen molar-refractivity contribution in [1.82, 2.24) is 16.0 Å². The zero-order valence-electron chi connectivity index (χ0n) is 11.6. The summed E-state index contributed by atoms with van der Waals surface area (Å²) in [7, 11) is 0. The molecule has 18 heavy (non-hydrogen) atoms. The third-order valence-corrected chi connectivity index (χ3v) is 3.53. The zero-order chi connectivity index (χ0) is 13.5. The topological polar surface area (TPSA) is 70.2 Å². The van der Waals surface area contributed by atoms with Crippen molar-refractivity contribution in [3.05, 3.63) is 0 Å². The van der Waals surface area contributed by atoms with Crippen molar-refractivity contribution < 1.29 is 9.59 Å². The molecule has 0 aromatic rings. The summed E-state index contributed by atoms with van der Waals surface area (Å²) in [6.07, 6.45) is 1.27. The molecule has 0 saturated carbocycles. The van der Waals surface area contributed by atoms with Crippen LogP contribution >= 0.6 is 0 Å². The first-order valence-electron chi connectivity index (χ1n) is 6.82. The molecule has 3 atom stereocenters. The molecule has 104 valence electrons. The Morgan fingerprint density at radius 1 is 1.39 bits per heavy atom. The highest BCUT2D eigenvalue weighted by atomic mass is 16.2. The van der Waals surface area contributed by atoms with Gasteiger partial charge in [0.15, 0.2) is 0 Å². The van der Waals surface area contributed by atoms with Crippen molar-refractivity contribution in [2.45, 2.75) is 39.7 Å². The van der Waals surface area contributed by atoms with E-state index in [9.17, 15) is 9.59 Å². The van der Waals surface area contributed by atoms with Crippen LogP contribution < -0.4 is 16.0 Å². The smallest absolute Gasteiger partial charge is 0.224 e. The van der Waals surface area contributed by atoms with Crippen LogP contribution in [0.3, 0.4) is 0 Å². The van der Waals surface area contributed by atoms with Crippen LogP contribution in [0, 0.1) is 11.8 Å². The van der Waals surface area contributed by atoms with E-state index in [4.69, 9.17) is 0 Å². The Bertz CT molecular complexity index is 294. The van der Waals surface area contributed by atoms with Gasteiger partial charge in [-0.15, -0.1) is 0 Å². The van der Waals surface area contributed by atoms with Crippen molar-refractivity contribution >= 4 is 11.8 Å². The molecule has 1 aliphatic rings. The van der Waals surface area contributed by atoms with Crippen LogP contribution in [0.1, 0.15) is 33.6 Å². The van der Waals surface area contributed by atoms with Gasteiger partial charge in [-0.25, -0.2) is 0 Å². The maximum Gasteiger partial charge on any atom is 0.224 e. The molecule has 0 aliphatic carbocycles. The van der Waals surface area contributed by atoms with Crippen molar-refractivity contribution in [3.63, 3.8) is 0 Å². The molecule has 5 nitrogen and oxygen atoms in total. The van der Waals surface area contributed by atoms with Crippen LogP contribution in [0.15, 0.2) is 0 Å². The molecular formula is C13H25N3O2. The lowest BCUT2D eigenvalue weighted by molar-refractivity contribution is -0.125. The Labute approximate surface area is 109 Å². The van der Waals surface area contributed by atoms with Gasteiger partial charge in [0.05, 0.1) is 5.92 Å². The second-order valence-electron chi connectivity index (χ2n) is 5.16. The van der Waals surface area contributed by atoms with Gasteiger partial charge in [0.25, 0.3) is 0 Å². The highest BCUT2D eigenvalue weighted by Crippen LogP contribution is 2.15. The van der Waals surface area contributed by atoms with E-state index in [0.717, 1.165) is 19.5 Å². The zero-order valence-corrected chi connectivity index (χ0v) is 11.6. The fraction of sp³-hybridized carbons (Fsp3) is 0.846. The minimum Gasteiger partial charge on any atom is -0.355 e. The predicted octanol–water partition coefficient (Wildman–Crippen LogP) is 0.263. The molecule has 0 spiro atoms. The number of carbonyl (C=O) groups is 2. The van der Waals surface area contributed by atoms with Gasteiger partial charge in [-0.3, -0.25) is 9.59 Å². The average Bonchev–Trinajstić information content (AvgIpc) is 2.75. The van der Waals surface area contributed by atoms with Crippen molar-refractivity contribution in [2.75, 3.05) is 19.6 Å². The maximum atomic E-state index is 11.8. The van der Waals surface area contributed by atoms with E-state index in [-0.39, 0.29) is 23.8 Å². The fourth-order valence-electron chi connectivity index (χ4n) is 2.04. The second kappa shape index (κ2) is 7.36. The lowest BCUT2D eigenvalue weighted by Crippen LogP contribution is -2.38. The Morgan fingerprint density at radius 2 is 2.11 bits per heavy atom. The van der Waals surface area contributed by atoms with E-state index in [1.54, 1.807) is 0 Å². The lowest BCUT2D eigenvalue weighted by atomic mass is 9.97. The molecule has 1 rings (SSSR count). The summed E-state index contributed by atoms with van der Waals surface area (Å²) in [5.74, 6) is 0.479. The highest BCUT2D eigenvalue weighted by Gasteiger charge is 2.29. The van der Waals surface area contributed by atoms with Crippen LogP contribution in [0.2, 0.25) is 0 Å². The first kappa shape index (κ1) is 15.0. The number of nitrogens with one attached hydrogen (secondary N) is 3. The molecule has 1 saturated heterocycles. The molecule has 2 amide bonds. The van der Waals surface area contributed by atoms with Crippen LogP contribution in [0.4, 0.5) is 0 Å². The quantitative estimate of drug-likeness (QED) is 0.638. The Hall–Kier alpha value is -1.10. The standard InChI is InChI=1S/C13H25N3O2/c1-4-10(3)16-12(17)5-6-15-13(18)11-8-14-7-9(11)2/h9-11,14H,4-8H2,1-3H3,(H,15,18)(H,16,17). The van der Waals surface area contributed by atoms with E-state index in [1.165, 1.54) is 0 Å². The Kier molecular flexibility index (Phi) is 6.12. The average molecular weight is 255 g/mol. The maximum absolute atomic E-state index is 11.8. The summed E-state index contributed by atoms with van der Waals surface area (Å²) in [5.41, 5.74) is 0. The lowest BCUT2D eigenvalue weighted by Gasteiger charge is -2.15. The SMILES string of the molecule is CCC(C)NC(=O)CCNC(=O)C1CNCC1C. The molecule has 1 aliphatic heterocycles. The second-order valence-corrected chi connectivity index (χ2v) is 5.16. The van der Waals surface area contributed by atoms with Gasteiger partial charge < -0.3 is 16.0 Å². The molecule has 1 heterocycles. The molecular weight excluding hydrogens is 230 g/mol. The van der Waals surface area contributed by atoms with Gasteiger partial charge >= 0.3 is 0 Å². The summed E-state index contributed by atoms with van der Waals surface area (Å²) in [4.78, 5) is 23.3. The van der Waals surface area contributed by atoms with Crippen LogP contribution in [0.25, 0.3) is 0 Å². The summed E-state index contributed by atoms with van der Waals surface area (Å²) in [6, 6.07) is 0.201. The monoisotopic (exact) mass is 255 g/mol. The number of amides is 2. The number of rotatable bonds is 6. The third-order valence-electron chi connectivity index (χ3n) is 3.53. The third kappa shape index (κ3) is 4.64. The summed E-state index contributed by atoms with van der Waals surface area (Å²) in [5, 5.41) is 8.91. The van der Waals surface area contributed by atoms with Gasteiger partial charge in [0, 0.05) is 25.6 Å². The predicted molar refractivity (Wildman–Crippen MR) is 71.0 cm³/mol. The summed E-state index contributed by atoms with van der Waals surface area (Å²) >= 11 is 0. The molecule has 3 N–H and O–H groups in total. The number of carbonyl (C=O) groups excluding carboxylic acids is 2. The fourth-order valence-corrected chi connectivity index (χ4v) is 2.04. The van der Waals surface area contributed by atoms with Gasteiger partial charge in [-0.05, 0) is 25.8 Å². The van der Waals surface area contributed by atoms with Crippen molar-refractivity contribution in [2.24, 2.45) is 11.8 Å². The Balaban J connectivity index is 2.17. The molecule has 1 fully saturated rings. The van der Waals surface area contributed by atoms with E-state index in [0.29, 0.717) is 18.9 Å². The number of hydrogen-bond donors (Lipinski definition) is 3. The van der Waals surface area contributed by atoms with Gasteiger partial charge in [0.1, 0.15) is 0 Å². The van der Waals surface area contributed by atoms with E-state index >= 15 is 0 Å². The van der Waals surface area contributed by atoms with Crippen LogP contribution in [0.5, 0.6) is 0 Å². The van der Waals surface area contributed by atoms with Crippen molar-refractivity contribution in [1.29, 1.82) is 0 Å². The van der Waals surface area contributed by atoms with E-state index in [2.05, 4.69) is 22.9 Å². The largest absolute Gasteiger partial charge is 0.355 e. The van der Waals surface area contributed by atoms with Crippen molar-refractivity contribution in [3.8, 4) is 0 Å². The molecule has 3 unspecified atom stereocenters. The minimum absolute atomic E-state index is 0.00208. The summed E-state index contributed by atoms with van der Waals surface area (Å²) < 4.78 is 0. The van der Waals surface area contributed by atoms with Gasteiger partial charge in [-0.1, -0.05) is 13.8 Å². The molecule has 5 heteroatoms. The number of hydrogen-bond acceptors (Lipinski definition) is 3. The van der Waals surface area contributed by atoms with E-state index < -0.39 is 0 Å². The summed E-state index contributed by atoms with van der Waals surface area (Å²) in [6.45, 7) is 8.13.